The van der Waals surface area contributed by atoms with Gasteiger partial charge >= 0.3 is 0 Å². The van der Waals surface area contributed by atoms with E-state index in [1.807, 2.05) is 32.0 Å². The third-order valence-electron chi connectivity index (χ3n) is 3.66. The highest BCUT2D eigenvalue weighted by Gasteiger charge is 2.17. The number of rotatable bonds is 5. The SMILES string of the molecule is Cc1cc(C)cc(NC(=S)Nc2ccccc2NS(=O)(=O)c2cccs2)c1. The second-order valence-corrected chi connectivity index (χ2v) is 9.30. The number of benzene rings is 2. The van der Waals surface area contributed by atoms with Gasteiger partial charge in [0, 0.05) is 5.69 Å². The average molecular weight is 418 g/mol. The van der Waals surface area contributed by atoms with Crippen LogP contribution in [0.3, 0.4) is 0 Å². The monoisotopic (exact) mass is 417 g/mol. The van der Waals surface area contributed by atoms with Crippen LogP contribution in [0.15, 0.2) is 64.2 Å². The molecule has 0 unspecified atom stereocenters. The van der Waals surface area contributed by atoms with Crippen molar-refractivity contribution in [2.24, 2.45) is 0 Å². The number of thiophene rings is 1. The van der Waals surface area contributed by atoms with Crippen LogP contribution in [-0.2, 0) is 10.0 Å². The second kappa shape index (κ2) is 8.08. The van der Waals surface area contributed by atoms with Gasteiger partial charge in [-0.1, -0.05) is 24.3 Å². The first-order valence-electron chi connectivity index (χ1n) is 8.15. The molecule has 0 saturated heterocycles. The second-order valence-electron chi connectivity index (χ2n) is 6.04. The first-order valence-corrected chi connectivity index (χ1v) is 10.9. The highest BCUT2D eigenvalue weighted by molar-refractivity contribution is 7.94. The van der Waals surface area contributed by atoms with Gasteiger partial charge in [0.05, 0.1) is 11.4 Å². The average Bonchev–Trinajstić information content (AvgIpc) is 3.11. The van der Waals surface area contributed by atoms with E-state index in [4.69, 9.17) is 12.2 Å². The normalized spacial score (nSPS) is 11.0. The Hall–Kier alpha value is -2.42. The van der Waals surface area contributed by atoms with E-state index in [0.29, 0.717) is 16.5 Å². The minimum atomic E-state index is -3.63. The molecule has 1 heterocycles. The zero-order valence-electron chi connectivity index (χ0n) is 14.8. The van der Waals surface area contributed by atoms with Crippen molar-refractivity contribution in [2.75, 3.05) is 15.4 Å². The molecule has 0 amide bonds. The van der Waals surface area contributed by atoms with E-state index in [2.05, 4.69) is 21.4 Å². The molecular formula is C19H19N3O2S3. The van der Waals surface area contributed by atoms with Crippen LogP contribution < -0.4 is 15.4 Å². The lowest BCUT2D eigenvalue weighted by molar-refractivity contribution is 0.603. The van der Waals surface area contributed by atoms with Crippen molar-refractivity contribution in [3.63, 3.8) is 0 Å². The van der Waals surface area contributed by atoms with Gasteiger partial charge in [0.15, 0.2) is 5.11 Å². The van der Waals surface area contributed by atoms with Crippen LogP contribution in [-0.4, -0.2) is 13.5 Å². The summed E-state index contributed by atoms with van der Waals surface area (Å²) in [6.45, 7) is 4.03. The van der Waals surface area contributed by atoms with Crippen molar-refractivity contribution in [1.82, 2.24) is 0 Å². The number of hydrogen-bond donors (Lipinski definition) is 3. The lowest BCUT2D eigenvalue weighted by Crippen LogP contribution is -2.21. The molecule has 0 aliphatic carbocycles. The highest BCUT2D eigenvalue weighted by Crippen LogP contribution is 2.26. The molecule has 5 nitrogen and oxygen atoms in total. The highest BCUT2D eigenvalue weighted by atomic mass is 32.2. The molecule has 0 saturated carbocycles. The fourth-order valence-electron chi connectivity index (χ4n) is 2.62. The molecule has 0 radical (unpaired) electrons. The Balaban J connectivity index is 1.77. The predicted octanol–water partition coefficient (Wildman–Crippen LogP) is 4.97. The number of nitrogens with one attached hydrogen (secondary N) is 3. The third kappa shape index (κ3) is 5.06. The lowest BCUT2D eigenvalue weighted by atomic mass is 10.1. The lowest BCUT2D eigenvalue weighted by Gasteiger charge is -2.15. The zero-order chi connectivity index (χ0) is 19.4. The Morgan fingerprint density at radius 1 is 0.926 bits per heavy atom. The number of anilines is 3. The fraction of sp³-hybridized carbons (Fsp3) is 0.105. The van der Waals surface area contributed by atoms with Gasteiger partial charge in [-0.05, 0) is 72.9 Å². The standard InChI is InChI=1S/C19H19N3O2S3/c1-13-10-14(2)12-15(11-13)20-19(25)21-16-6-3-4-7-17(16)22-27(23,24)18-8-5-9-26-18/h3-12,22H,1-2H3,(H2,20,21,25). The van der Waals surface area contributed by atoms with E-state index in [-0.39, 0.29) is 4.21 Å². The maximum absolute atomic E-state index is 12.5. The van der Waals surface area contributed by atoms with Gasteiger partial charge in [0.2, 0.25) is 0 Å². The summed E-state index contributed by atoms with van der Waals surface area (Å²) in [5, 5.41) is 8.30. The summed E-state index contributed by atoms with van der Waals surface area (Å²) >= 11 is 6.55. The quantitative estimate of drug-likeness (QED) is 0.511. The summed E-state index contributed by atoms with van der Waals surface area (Å²) in [7, 11) is -3.63. The van der Waals surface area contributed by atoms with Gasteiger partial charge in [-0.15, -0.1) is 11.3 Å². The van der Waals surface area contributed by atoms with Gasteiger partial charge in [0.25, 0.3) is 10.0 Å². The molecule has 1 aromatic heterocycles. The minimum Gasteiger partial charge on any atom is -0.332 e. The Bertz CT molecular complexity index is 1040. The van der Waals surface area contributed by atoms with Crippen molar-refractivity contribution >= 4 is 55.8 Å². The van der Waals surface area contributed by atoms with Crippen molar-refractivity contribution in [2.45, 2.75) is 18.1 Å². The Kier molecular flexibility index (Phi) is 5.79. The molecule has 27 heavy (non-hydrogen) atoms. The van der Waals surface area contributed by atoms with Crippen LogP contribution in [0.1, 0.15) is 11.1 Å². The Morgan fingerprint density at radius 2 is 1.59 bits per heavy atom. The number of aryl methyl sites for hydroxylation is 2. The van der Waals surface area contributed by atoms with Gasteiger partial charge in [-0.2, -0.15) is 0 Å². The van der Waals surface area contributed by atoms with Gasteiger partial charge in [-0.25, -0.2) is 8.42 Å². The number of para-hydroxylation sites is 2. The summed E-state index contributed by atoms with van der Waals surface area (Å²) in [5.74, 6) is 0. The molecule has 0 bridgehead atoms. The summed E-state index contributed by atoms with van der Waals surface area (Å²) in [5.41, 5.74) is 4.13. The molecule has 2 aromatic carbocycles. The van der Waals surface area contributed by atoms with Crippen molar-refractivity contribution in [3.8, 4) is 0 Å². The third-order valence-corrected chi connectivity index (χ3v) is 6.63. The molecule has 0 aliphatic rings. The molecular weight excluding hydrogens is 398 g/mol. The van der Waals surface area contributed by atoms with Crippen molar-refractivity contribution in [3.05, 3.63) is 71.1 Å². The topological polar surface area (TPSA) is 70.2 Å². The smallest absolute Gasteiger partial charge is 0.271 e. The Labute approximate surface area is 168 Å². The van der Waals surface area contributed by atoms with Crippen LogP contribution in [0, 0.1) is 13.8 Å². The largest absolute Gasteiger partial charge is 0.332 e. The molecule has 3 N–H and O–H groups in total. The molecule has 0 atom stereocenters. The van der Waals surface area contributed by atoms with E-state index in [9.17, 15) is 8.42 Å². The molecule has 3 aromatic rings. The summed E-state index contributed by atoms with van der Waals surface area (Å²) in [4.78, 5) is 0. The van der Waals surface area contributed by atoms with E-state index in [1.165, 1.54) is 0 Å². The van der Waals surface area contributed by atoms with E-state index in [0.717, 1.165) is 28.2 Å². The maximum atomic E-state index is 12.5. The van der Waals surface area contributed by atoms with Crippen molar-refractivity contribution < 1.29 is 8.42 Å². The predicted molar refractivity (Wildman–Crippen MR) is 117 cm³/mol. The van der Waals surface area contributed by atoms with E-state index in [1.54, 1.807) is 35.7 Å². The molecule has 8 heteroatoms. The van der Waals surface area contributed by atoms with Crippen LogP contribution in [0.4, 0.5) is 17.1 Å². The molecule has 0 aliphatic heterocycles. The first kappa shape index (κ1) is 19.3. The van der Waals surface area contributed by atoms with Gasteiger partial charge in [-0.3, -0.25) is 4.72 Å². The summed E-state index contributed by atoms with van der Waals surface area (Å²) in [6, 6.07) is 16.4. The maximum Gasteiger partial charge on any atom is 0.271 e. The van der Waals surface area contributed by atoms with Crippen LogP contribution in [0.5, 0.6) is 0 Å². The van der Waals surface area contributed by atoms with Crippen molar-refractivity contribution in [1.29, 1.82) is 0 Å². The Morgan fingerprint density at radius 3 is 2.22 bits per heavy atom. The molecule has 140 valence electrons. The number of sulfonamides is 1. The van der Waals surface area contributed by atoms with E-state index >= 15 is 0 Å². The first-order chi connectivity index (χ1) is 12.8. The molecule has 0 spiro atoms. The summed E-state index contributed by atoms with van der Waals surface area (Å²) in [6.07, 6.45) is 0. The number of hydrogen-bond acceptors (Lipinski definition) is 4. The molecule has 0 fully saturated rings. The fourth-order valence-corrected chi connectivity index (χ4v) is 4.92. The van der Waals surface area contributed by atoms with E-state index < -0.39 is 10.0 Å². The summed E-state index contributed by atoms with van der Waals surface area (Å²) < 4.78 is 27.8. The number of thiocarbonyl (C=S) groups is 1. The minimum absolute atomic E-state index is 0.258. The zero-order valence-corrected chi connectivity index (χ0v) is 17.3. The van der Waals surface area contributed by atoms with Crippen LogP contribution in [0.2, 0.25) is 0 Å². The van der Waals surface area contributed by atoms with Crippen LogP contribution in [0.25, 0.3) is 0 Å². The van der Waals surface area contributed by atoms with Gasteiger partial charge in [0.1, 0.15) is 4.21 Å². The molecule has 3 rings (SSSR count). The van der Waals surface area contributed by atoms with Crippen LogP contribution >= 0.6 is 23.6 Å². The van der Waals surface area contributed by atoms with Gasteiger partial charge < -0.3 is 10.6 Å².